The normalized spacial score (nSPS) is 16.5. The Balaban J connectivity index is 1.45. The monoisotopic (exact) mass is 423 g/mol. The number of rotatable bonds is 7. The minimum Gasteiger partial charge on any atom is -0.455 e. The molecule has 3 rings (SSSR count). The Morgan fingerprint density at radius 3 is 2.45 bits per heavy atom. The summed E-state index contributed by atoms with van der Waals surface area (Å²) in [6, 6.07) is 16.1. The number of hydrogen-bond acceptors (Lipinski definition) is 5. The molecule has 0 radical (unpaired) electrons. The molecular weight excluding hydrogens is 398 g/mol. The second-order valence-electron chi connectivity index (χ2n) is 7.52. The molecule has 2 atom stereocenters. The lowest BCUT2D eigenvalue weighted by Gasteiger charge is -2.18. The van der Waals surface area contributed by atoms with Crippen LogP contribution in [0.5, 0.6) is 0 Å². The Hall–Kier alpha value is -3.68. The van der Waals surface area contributed by atoms with E-state index in [1.54, 1.807) is 24.3 Å². The van der Waals surface area contributed by atoms with Crippen LogP contribution in [0.3, 0.4) is 0 Å². The highest BCUT2D eigenvalue weighted by Crippen LogP contribution is 2.18. The summed E-state index contributed by atoms with van der Waals surface area (Å²) in [5, 5.41) is 3.87. The molecule has 1 aliphatic heterocycles. The van der Waals surface area contributed by atoms with Crippen LogP contribution >= 0.6 is 0 Å². The summed E-state index contributed by atoms with van der Waals surface area (Å²) in [4.78, 5) is 48.8. The van der Waals surface area contributed by atoms with Crippen molar-refractivity contribution in [2.24, 2.45) is 5.92 Å². The smallest absolute Gasteiger partial charge is 0.311 e. The number of hydrazine groups is 1. The molecule has 0 saturated carbocycles. The lowest BCUT2D eigenvalue weighted by molar-refractivity contribution is -0.152. The highest BCUT2D eigenvalue weighted by Gasteiger charge is 2.36. The molecule has 1 aliphatic rings. The van der Waals surface area contributed by atoms with Crippen molar-refractivity contribution in [2.75, 3.05) is 13.2 Å². The van der Waals surface area contributed by atoms with Crippen molar-refractivity contribution in [3.63, 3.8) is 0 Å². The Kier molecular flexibility index (Phi) is 7.02. The summed E-state index contributed by atoms with van der Waals surface area (Å²) >= 11 is 0. The van der Waals surface area contributed by atoms with Crippen molar-refractivity contribution in [1.82, 2.24) is 15.8 Å². The van der Waals surface area contributed by atoms with E-state index in [9.17, 15) is 19.2 Å². The fraction of sp³-hybridized carbons (Fsp3) is 0.304. The number of aryl methyl sites for hydroxylation is 1. The molecule has 0 unspecified atom stereocenters. The van der Waals surface area contributed by atoms with E-state index in [-0.39, 0.29) is 24.9 Å². The summed E-state index contributed by atoms with van der Waals surface area (Å²) < 4.78 is 5.08. The minimum absolute atomic E-state index is 0.00267. The second kappa shape index (κ2) is 9.88. The van der Waals surface area contributed by atoms with Gasteiger partial charge >= 0.3 is 5.97 Å². The van der Waals surface area contributed by atoms with E-state index in [1.165, 1.54) is 0 Å². The molecular formula is C23H25N3O5. The second-order valence-corrected chi connectivity index (χ2v) is 7.52. The van der Waals surface area contributed by atoms with E-state index in [0.717, 1.165) is 16.1 Å². The summed E-state index contributed by atoms with van der Waals surface area (Å²) in [5.41, 5.74) is 4.87. The zero-order chi connectivity index (χ0) is 22.4. The molecule has 1 fully saturated rings. The summed E-state index contributed by atoms with van der Waals surface area (Å²) in [5.74, 6) is -2.65. The quantitative estimate of drug-likeness (QED) is 0.662. The van der Waals surface area contributed by atoms with Gasteiger partial charge in [0.15, 0.2) is 6.61 Å². The zero-order valence-corrected chi connectivity index (χ0v) is 17.5. The summed E-state index contributed by atoms with van der Waals surface area (Å²) in [6.45, 7) is 3.30. The Morgan fingerprint density at radius 2 is 1.77 bits per heavy atom. The first-order valence-electron chi connectivity index (χ1n) is 10.0. The van der Waals surface area contributed by atoms with Gasteiger partial charge in [-0.15, -0.1) is 0 Å². The van der Waals surface area contributed by atoms with Crippen LogP contribution in [0.2, 0.25) is 0 Å². The van der Waals surface area contributed by atoms with Crippen LogP contribution in [0.25, 0.3) is 0 Å². The van der Waals surface area contributed by atoms with Gasteiger partial charge in [-0.3, -0.25) is 29.6 Å². The fourth-order valence-corrected chi connectivity index (χ4v) is 3.23. The van der Waals surface area contributed by atoms with Crippen LogP contribution in [-0.4, -0.2) is 41.9 Å². The van der Waals surface area contributed by atoms with Crippen molar-refractivity contribution < 1.29 is 23.9 Å². The van der Waals surface area contributed by atoms with Gasteiger partial charge in [0, 0.05) is 12.0 Å². The summed E-state index contributed by atoms with van der Waals surface area (Å²) in [7, 11) is 0. The highest BCUT2D eigenvalue weighted by molar-refractivity contribution is 5.96. The largest absolute Gasteiger partial charge is 0.455 e. The maximum Gasteiger partial charge on any atom is 0.311 e. The first-order chi connectivity index (χ1) is 14.8. The van der Waals surface area contributed by atoms with Crippen LogP contribution in [0.4, 0.5) is 0 Å². The van der Waals surface area contributed by atoms with Crippen LogP contribution in [0, 0.1) is 12.8 Å². The molecule has 162 valence electrons. The van der Waals surface area contributed by atoms with Crippen LogP contribution in [0.15, 0.2) is 54.6 Å². The lowest BCUT2D eigenvalue weighted by Crippen LogP contribution is -2.43. The number of amides is 3. The Bertz CT molecular complexity index is 959. The van der Waals surface area contributed by atoms with Gasteiger partial charge in [0.1, 0.15) is 0 Å². The van der Waals surface area contributed by atoms with Crippen LogP contribution < -0.4 is 10.7 Å². The molecule has 0 spiro atoms. The van der Waals surface area contributed by atoms with E-state index in [1.807, 2.05) is 44.2 Å². The van der Waals surface area contributed by atoms with E-state index in [0.29, 0.717) is 5.56 Å². The van der Waals surface area contributed by atoms with Gasteiger partial charge in [-0.2, -0.15) is 0 Å². The number of ether oxygens (including phenoxy) is 1. The molecule has 1 heterocycles. The van der Waals surface area contributed by atoms with Gasteiger partial charge in [-0.25, -0.2) is 0 Å². The van der Waals surface area contributed by atoms with Gasteiger partial charge in [0.2, 0.25) is 5.91 Å². The van der Waals surface area contributed by atoms with Crippen molar-refractivity contribution in [1.29, 1.82) is 0 Å². The lowest BCUT2D eigenvalue weighted by atomic mass is 10.1. The topological polar surface area (TPSA) is 105 Å². The molecule has 2 N–H and O–H groups in total. The molecule has 2 aromatic rings. The highest BCUT2D eigenvalue weighted by atomic mass is 16.5. The van der Waals surface area contributed by atoms with E-state index in [2.05, 4.69) is 10.7 Å². The van der Waals surface area contributed by atoms with Gasteiger partial charge in [-0.1, -0.05) is 48.0 Å². The molecule has 0 aromatic heterocycles. The third kappa shape index (κ3) is 5.91. The van der Waals surface area contributed by atoms with Crippen LogP contribution in [0.1, 0.15) is 40.9 Å². The van der Waals surface area contributed by atoms with Crippen molar-refractivity contribution in [3.05, 3.63) is 71.3 Å². The SMILES string of the molecule is Cc1ccc(C(=O)NN2C[C@H](C(=O)OCC(=O)N[C@@H](C)c3ccccc3)CC2=O)cc1. The number of benzene rings is 2. The standard InChI is InChI=1S/C23H25N3O5/c1-15-8-10-18(11-9-15)22(29)25-26-13-19(12-21(26)28)23(30)31-14-20(27)24-16(2)17-6-4-3-5-7-17/h3-11,16,19H,12-14H2,1-2H3,(H,24,27)(H,25,29)/t16-,19+/m0/s1. The number of esters is 1. The van der Waals surface area contributed by atoms with Gasteiger partial charge in [-0.05, 0) is 31.5 Å². The molecule has 8 nitrogen and oxygen atoms in total. The number of carbonyl (C=O) groups is 4. The Labute approximate surface area is 180 Å². The van der Waals surface area contributed by atoms with Crippen molar-refractivity contribution >= 4 is 23.7 Å². The minimum atomic E-state index is -0.745. The van der Waals surface area contributed by atoms with E-state index in [4.69, 9.17) is 4.74 Å². The Morgan fingerprint density at radius 1 is 1.10 bits per heavy atom. The zero-order valence-electron chi connectivity index (χ0n) is 17.5. The van der Waals surface area contributed by atoms with E-state index < -0.39 is 30.3 Å². The molecule has 1 saturated heterocycles. The third-order valence-electron chi connectivity index (χ3n) is 5.03. The fourth-order valence-electron chi connectivity index (χ4n) is 3.23. The maximum atomic E-state index is 12.3. The van der Waals surface area contributed by atoms with Crippen molar-refractivity contribution in [2.45, 2.75) is 26.3 Å². The van der Waals surface area contributed by atoms with Gasteiger partial charge in [0.25, 0.3) is 11.8 Å². The number of nitrogens with one attached hydrogen (secondary N) is 2. The van der Waals surface area contributed by atoms with Gasteiger partial charge < -0.3 is 10.1 Å². The van der Waals surface area contributed by atoms with Crippen LogP contribution in [-0.2, 0) is 19.1 Å². The molecule has 31 heavy (non-hydrogen) atoms. The molecule has 0 bridgehead atoms. The maximum absolute atomic E-state index is 12.3. The number of nitrogens with zero attached hydrogens (tertiary/aromatic N) is 1. The third-order valence-corrected chi connectivity index (χ3v) is 5.03. The molecule has 0 aliphatic carbocycles. The van der Waals surface area contributed by atoms with Crippen molar-refractivity contribution in [3.8, 4) is 0 Å². The number of hydrogen-bond donors (Lipinski definition) is 2. The predicted octanol–water partition coefficient (Wildman–Crippen LogP) is 1.91. The number of carbonyl (C=O) groups excluding carboxylic acids is 4. The predicted molar refractivity (Wildman–Crippen MR) is 112 cm³/mol. The molecule has 2 aromatic carbocycles. The molecule has 3 amide bonds. The molecule has 8 heteroatoms. The van der Waals surface area contributed by atoms with Gasteiger partial charge in [0.05, 0.1) is 18.5 Å². The average Bonchev–Trinajstić information content (AvgIpc) is 3.13. The first-order valence-corrected chi connectivity index (χ1v) is 10.0. The first kappa shape index (κ1) is 22.0. The van der Waals surface area contributed by atoms with E-state index >= 15 is 0 Å². The average molecular weight is 423 g/mol. The summed E-state index contributed by atoms with van der Waals surface area (Å²) in [6.07, 6.45) is -0.0882.